The summed E-state index contributed by atoms with van der Waals surface area (Å²) in [6, 6.07) is 12.8. The van der Waals surface area contributed by atoms with Gasteiger partial charge >= 0.3 is 0 Å². The molecule has 126 valence electrons. The summed E-state index contributed by atoms with van der Waals surface area (Å²) < 4.78 is 6.94. The zero-order valence-corrected chi connectivity index (χ0v) is 14.9. The zero-order chi connectivity index (χ0) is 16.8. The van der Waals surface area contributed by atoms with E-state index in [-0.39, 0.29) is 0 Å². The highest BCUT2D eigenvalue weighted by atomic mass is 32.1. The molecule has 0 aliphatic carbocycles. The predicted molar refractivity (Wildman–Crippen MR) is 102 cm³/mol. The van der Waals surface area contributed by atoms with Gasteiger partial charge in [0.25, 0.3) is 0 Å². The van der Waals surface area contributed by atoms with E-state index in [9.17, 15) is 0 Å². The molecule has 0 radical (unpaired) electrons. The number of hydrogen-bond acceptors (Lipinski definition) is 5. The fourth-order valence-corrected chi connectivity index (χ4v) is 4.76. The van der Waals surface area contributed by atoms with Crippen molar-refractivity contribution < 1.29 is 4.42 Å². The van der Waals surface area contributed by atoms with Crippen molar-refractivity contribution in [1.29, 1.82) is 0 Å². The second kappa shape index (κ2) is 5.93. The Morgan fingerprint density at radius 2 is 1.76 bits per heavy atom. The Kier molecular flexibility index (Phi) is 3.57. The van der Waals surface area contributed by atoms with Crippen LogP contribution in [0.4, 0.5) is 0 Å². The largest absolute Gasteiger partial charge is 0.441 e. The Labute approximate surface area is 149 Å². The van der Waals surface area contributed by atoms with E-state index < -0.39 is 0 Å². The molecule has 0 bridgehead atoms. The maximum absolute atomic E-state index is 5.67. The highest BCUT2D eigenvalue weighted by Crippen LogP contribution is 2.35. The van der Waals surface area contributed by atoms with E-state index in [4.69, 9.17) is 9.40 Å². The summed E-state index contributed by atoms with van der Waals surface area (Å²) in [5.74, 6) is 1.31. The summed E-state index contributed by atoms with van der Waals surface area (Å²) >= 11 is 1.85. The van der Waals surface area contributed by atoms with Crippen LogP contribution in [-0.4, -0.2) is 23.1 Å². The smallest absolute Gasteiger partial charge is 0.192 e. The number of oxazole rings is 1. The highest BCUT2D eigenvalue weighted by Gasteiger charge is 2.19. The number of aromatic nitrogens is 2. The fourth-order valence-electron chi connectivity index (χ4n) is 3.58. The van der Waals surface area contributed by atoms with Gasteiger partial charge in [0.15, 0.2) is 11.5 Å². The first kappa shape index (κ1) is 15.0. The number of rotatable bonds is 2. The number of thiazole rings is 1. The van der Waals surface area contributed by atoms with E-state index in [2.05, 4.69) is 40.6 Å². The average Bonchev–Trinajstić information content (AvgIpc) is 3.23. The van der Waals surface area contributed by atoms with Gasteiger partial charge in [0.1, 0.15) is 5.52 Å². The van der Waals surface area contributed by atoms with Crippen LogP contribution in [0.2, 0.25) is 0 Å². The first-order valence-electron chi connectivity index (χ1n) is 8.75. The Morgan fingerprint density at radius 1 is 1.00 bits per heavy atom. The van der Waals surface area contributed by atoms with Gasteiger partial charge in [0.2, 0.25) is 0 Å². The number of nitrogens with one attached hydrogen (secondary N) is 1. The average molecular weight is 349 g/mol. The molecule has 5 heteroatoms. The van der Waals surface area contributed by atoms with Gasteiger partial charge in [-0.2, -0.15) is 0 Å². The van der Waals surface area contributed by atoms with Crippen LogP contribution in [0.15, 0.2) is 40.8 Å². The number of piperidine rings is 1. The van der Waals surface area contributed by atoms with Crippen molar-refractivity contribution in [3.63, 3.8) is 0 Å². The summed E-state index contributed by atoms with van der Waals surface area (Å²) in [7, 11) is 0. The van der Waals surface area contributed by atoms with Gasteiger partial charge in [0, 0.05) is 12.8 Å². The van der Waals surface area contributed by atoms with Gasteiger partial charge < -0.3 is 9.73 Å². The van der Waals surface area contributed by atoms with Crippen molar-refractivity contribution in [2.24, 2.45) is 0 Å². The molecule has 4 nitrogen and oxygen atoms in total. The summed E-state index contributed by atoms with van der Waals surface area (Å²) in [4.78, 5) is 9.26. The van der Waals surface area contributed by atoms with Crippen LogP contribution in [-0.2, 0) is 0 Å². The normalized spacial score (nSPS) is 16.0. The van der Waals surface area contributed by atoms with Gasteiger partial charge in [-0.15, -0.1) is 11.3 Å². The van der Waals surface area contributed by atoms with Crippen molar-refractivity contribution >= 4 is 32.7 Å². The molecule has 1 fully saturated rings. The van der Waals surface area contributed by atoms with Crippen LogP contribution < -0.4 is 5.32 Å². The van der Waals surface area contributed by atoms with Crippen LogP contribution in [0.3, 0.4) is 0 Å². The lowest BCUT2D eigenvalue weighted by atomic mass is 9.99. The molecule has 0 unspecified atom stereocenters. The Balaban J connectivity index is 1.54. The Bertz CT molecular complexity index is 1060. The number of benzene rings is 2. The molecule has 1 N–H and O–H groups in total. The number of aryl methyl sites for hydroxylation is 1. The van der Waals surface area contributed by atoms with E-state index in [1.807, 2.05) is 24.3 Å². The lowest BCUT2D eigenvalue weighted by Crippen LogP contribution is -2.26. The number of fused-ring (bicyclic) bond motifs is 2. The Hall–Kier alpha value is -2.24. The molecule has 2 aromatic carbocycles. The van der Waals surface area contributed by atoms with E-state index in [1.54, 1.807) is 0 Å². The molecule has 1 aliphatic heterocycles. The molecule has 25 heavy (non-hydrogen) atoms. The van der Waals surface area contributed by atoms with Gasteiger partial charge in [-0.1, -0.05) is 12.1 Å². The lowest BCUT2D eigenvalue weighted by molar-refractivity contribution is 0.459. The van der Waals surface area contributed by atoms with Crippen LogP contribution in [0.25, 0.3) is 32.4 Å². The van der Waals surface area contributed by atoms with Crippen LogP contribution in [0.5, 0.6) is 0 Å². The molecule has 0 amide bonds. The van der Waals surface area contributed by atoms with Crippen molar-refractivity contribution in [1.82, 2.24) is 15.3 Å². The monoisotopic (exact) mass is 349 g/mol. The van der Waals surface area contributed by atoms with Crippen LogP contribution >= 0.6 is 11.3 Å². The van der Waals surface area contributed by atoms with Crippen molar-refractivity contribution in [2.45, 2.75) is 25.7 Å². The zero-order valence-electron chi connectivity index (χ0n) is 14.1. The molecule has 3 heterocycles. The van der Waals surface area contributed by atoms with E-state index in [0.29, 0.717) is 11.8 Å². The SMILES string of the molecule is Cc1nc2ccc(-c3ccc4nc(C5CCNCC5)sc4c3)cc2o1. The molecular weight excluding hydrogens is 330 g/mol. The van der Waals surface area contributed by atoms with E-state index in [1.165, 1.54) is 28.1 Å². The molecule has 1 saturated heterocycles. The van der Waals surface area contributed by atoms with E-state index >= 15 is 0 Å². The second-order valence-electron chi connectivity index (χ2n) is 6.67. The molecule has 0 saturated carbocycles. The van der Waals surface area contributed by atoms with Crippen molar-refractivity contribution in [2.75, 3.05) is 13.1 Å². The highest BCUT2D eigenvalue weighted by molar-refractivity contribution is 7.18. The minimum absolute atomic E-state index is 0.607. The molecular formula is C20H19N3OS. The summed E-state index contributed by atoms with van der Waals surface area (Å²) in [5.41, 5.74) is 5.22. The maximum atomic E-state index is 5.67. The van der Waals surface area contributed by atoms with E-state index in [0.717, 1.165) is 35.3 Å². The first-order valence-corrected chi connectivity index (χ1v) is 9.57. The first-order chi connectivity index (χ1) is 12.3. The minimum Gasteiger partial charge on any atom is -0.441 e. The van der Waals surface area contributed by atoms with Gasteiger partial charge in [0.05, 0.1) is 15.2 Å². The topological polar surface area (TPSA) is 51.0 Å². The molecule has 4 aromatic rings. The molecule has 5 rings (SSSR count). The second-order valence-corrected chi connectivity index (χ2v) is 7.74. The number of nitrogens with zero attached hydrogens (tertiary/aromatic N) is 2. The standard InChI is InChI=1S/C20H19N3OS/c1-12-22-16-4-2-14(10-18(16)24-12)15-3-5-17-19(11-15)25-20(23-17)13-6-8-21-9-7-13/h2-5,10-11,13,21H,6-9H2,1H3. The number of hydrogen-bond donors (Lipinski definition) is 1. The van der Waals surface area contributed by atoms with Crippen molar-refractivity contribution in [3.8, 4) is 11.1 Å². The third-order valence-electron chi connectivity index (χ3n) is 4.92. The fraction of sp³-hybridized carbons (Fsp3) is 0.300. The molecule has 2 aromatic heterocycles. The molecule has 0 spiro atoms. The maximum Gasteiger partial charge on any atom is 0.192 e. The lowest BCUT2D eigenvalue weighted by Gasteiger charge is -2.20. The Morgan fingerprint density at radius 3 is 2.60 bits per heavy atom. The molecule has 0 atom stereocenters. The van der Waals surface area contributed by atoms with Gasteiger partial charge in [-0.25, -0.2) is 9.97 Å². The summed E-state index contributed by atoms with van der Waals surface area (Å²) in [6.07, 6.45) is 2.38. The quantitative estimate of drug-likeness (QED) is 0.560. The summed E-state index contributed by atoms with van der Waals surface area (Å²) in [6.45, 7) is 4.08. The molecule has 1 aliphatic rings. The minimum atomic E-state index is 0.607. The van der Waals surface area contributed by atoms with Crippen LogP contribution in [0.1, 0.15) is 29.7 Å². The predicted octanol–water partition coefficient (Wildman–Crippen LogP) is 4.88. The van der Waals surface area contributed by atoms with Gasteiger partial charge in [-0.05, 0) is 61.3 Å². The summed E-state index contributed by atoms with van der Waals surface area (Å²) in [5, 5.41) is 4.71. The van der Waals surface area contributed by atoms with Crippen LogP contribution in [0, 0.1) is 6.92 Å². The third kappa shape index (κ3) is 2.73. The van der Waals surface area contributed by atoms with Gasteiger partial charge in [-0.3, -0.25) is 0 Å². The third-order valence-corrected chi connectivity index (χ3v) is 6.10. The van der Waals surface area contributed by atoms with Crippen molar-refractivity contribution in [3.05, 3.63) is 47.3 Å².